The molecular weight excluding hydrogens is 639 g/mol. The summed E-state index contributed by atoms with van der Waals surface area (Å²) in [6, 6.07) is 7.77. The Hall–Kier alpha value is -0.340. The lowest BCUT2D eigenvalue weighted by molar-refractivity contribution is -0.138. The highest BCUT2D eigenvalue weighted by atomic mass is 127. The molecule has 0 saturated heterocycles. The van der Waals surface area contributed by atoms with Gasteiger partial charge in [-0.15, -0.1) is 0 Å². The largest absolute Gasteiger partial charge is 0.508 e. The number of phenols is 1. The van der Waals surface area contributed by atoms with Gasteiger partial charge in [0.2, 0.25) is 0 Å². The van der Waals surface area contributed by atoms with Gasteiger partial charge in [-0.2, -0.15) is 0 Å². The number of carboxylic acid groups (broad SMARTS) is 1. The predicted molar refractivity (Wildman–Crippen MR) is 112 cm³/mol. The molecule has 2 aromatic rings. The maximum Gasteiger partial charge on any atom is 0.320 e. The van der Waals surface area contributed by atoms with Gasteiger partial charge in [0, 0.05) is 3.57 Å². The first kappa shape index (κ1) is 19.0. The molecule has 0 spiro atoms. The number of aromatic hydroxyl groups is 1. The molecule has 23 heavy (non-hydrogen) atoms. The Kier molecular flexibility index (Phi) is 6.74. The van der Waals surface area contributed by atoms with Crippen LogP contribution in [0.15, 0.2) is 30.3 Å². The third-order valence-corrected chi connectivity index (χ3v) is 5.59. The van der Waals surface area contributed by atoms with Gasteiger partial charge in [-0.3, -0.25) is 4.79 Å². The normalized spacial score (nSPS) is 12.0. The van der Waals surface area contributed by atoms with Crippen LogP contribution < -0.4 is 10.5 Å². The number of nitrogens with two attached hydrogens (primary N) is 1. The number of hydrogen-bond acceptors (Lipinski definition) is 4. The molecule has 0 saturated carbocycles. The van der Waals surface area contributed by atoms with Gasteiger partial charge >= 0.3 is 5.97 Å². The molecule has 5 nitrogen and oxygen atoms in total. The molecule has 0 radical (unpaired) electrons. The van der Waals surface area contributed by atoms with E-state index in [1.807, 2.05) is 12.1 Å². The van der Waals surface area contributed by atoms with Gasteiger partial charge < -0.3 is 20.7 Å². The summed E-state index contributed by atoms with van der Waals surface area (Å²) < 4.78 is 8.40. The van der Waals surface area contributed by atoms with Crippen LogP contribution in [-0.2, 0) is 11.2 Å². The molecule has 2 aromatic carbocycles. The van der Waals surface area contributed by atoms with Gasteiger partial charge in [-0.1, -0.05) is 6.07 Å². The summed E-state index contributed by atoms with van der Waals surface area (Å²) in [4.78, 5) is 10.9. The van der Waals surface area contributed by atoms with Crippen LogP contribution in [0.5, 0.6) is 17.2 Å². The van der Waals surface area contributed by atoms with E-state index in [1.165, 1.54) is 0 Å². The molecule has 2 rings (SSSR count). The molecule has 0 aliphatic heterocycles. The summed E-state index contributed by atoms with van der Waals surface area (Å²) in [6.07, 6.45) is 0.266. The lowest BCUT2D eigenvalue weighted by Gasteiger charge is -2.13. The van der Waals surface area contributed by atoms with Crippen LogP contribution in [0.2, 0.25) is 0 Å². The third kappa shape index (κ3) is 5.06. The Morgan fingerprint density at radius 2 is 1.74 bits per heavy atom. The second-order valence-corrected chi connectivity index (χ2v) is 8.23. The molecule has 8 heteroatoms. The third-order valence-electron chi connectivity index (χ3n) is 2.98. The van der Waals surface area contributed by atoms with E-state index in [4.69, 9.17) is 15.6 Å². The van der Waals surface area contributed by atoms with E-state index in [-0.39, 0.29) is 12.2 Å². The topological polar surface area (TPSA) is 92.8 Å². The van der Waals surface area contributed by atoms with Crippen molar-refractivity contribution < 1.29 is 19.7 Å². The Bertz CT molecular complexity index is 728. The average molecular weight is 651 g/mol. The standard InChI is InChI=1S/C15H12I3NO4/c16-10-6-9(2-1-7(10)3-13(19)15(21)22)23-14-11(17)4-8(20)5-12(14)18/h1-2,4-6,13,20H,3,19H2,(H,21,22)/t13-/m1/s1. The fourth-order valence-electron chi connectivity index (χ4n) is 1.84. The number of phenolic OH excluding ortho intramolecular Hbond substituents is 1. The molecule has 0 amide bonds. The number of aliphatic carboxylic acids is 1. The van der Waals surface area contributed by atoms with Crippen molar-refractivity contribution in [3.63, 3.8) is 0 Å². The summed E-state index contributed by atoms with van der Waals surface area (Å²) in [7, 11) is 0. The minimum Gasteiger partial charge on any atom is -0.508 e. The fourth-order valence-corrected chi connectivity index (χ4v) is 4.51. The number of carbonyl (C=O) groups is 1. The van der Waals surface area contributed by atoms with Crippen molar-refractivity contribution in [3.05, 3.63) is 46.6 Å². The Morgan fingerprint density at radius 3 is 2.26 bits per heavy atom. The maximum absolute atomic E-state index is 10.9. The van der Waals surface area contributed by atoms with E-state index in [9.17, 15) is 9.90 Å². The number of rotatable bonds is 5. The van der Waals surface area contributed by atoms with E-state index in [2.05, 4.69) is 67.8 Å². The summed E-state index contributed by atoms with van der Waals surface area (Å²) in [5.41, 5.74) is 6.44. The van der Waals surface area contributed by atoms with Gasteiger partial charge in [-0.25, -0.2) is 0 Å². The van der Waals surface area contributed by atoms with Gasteiger partial charge in [-0.05, 0) is 104 Å². The second kappa shape index (κ2) is 8.16. The molecule has 0 aliphatic rings. The first-order chi connectivity index (χ1) is 10.8. The predicted octanol–water partition coefficient (Wildman–Crippen LogP) is 3.95. The maximum atomic E-state index is 10.9. The van der Waals surface area contributed by atoms with Gasteiger partial charge in [0.1, 0.15) is 17.5 Å². The smallest absolute Gasteiger partial charge is 0.320 e. The monoisotopic (exact) mass is 651 g/mol. The van der Waals surface area contributed by atoms with Crippen LogP contribution in [-0.4, -0.2) is 22.2 Å². The highest BCUT2D eigenvalue weighted by molar-refractivity contribution is 14.1. The molecule has 0 aliphatic carbocycles. The average Bonchev–Trinajstić information content (AvgIpc) is 2.45. The molecule has 0 aromatic heterocycles. The van der Waals surface area contributed by atoms with Crippen molar-refractivity contribution in [1.82, 2.24) is 0 Å². The van der Waals surface area contributed by atoms with Gasteiger partial charge in [0.15, 0.2) is 5.75 Å². The zero-order valence-electron chi connectivity index (χ0n) is 11.6. The van der Waals surface area contributed by atoms with Crippen molar-refractivity contribution >= 4 is 73.7 Å². The van der Waals surface area contributed by atoms with Crippen LogP contribution in [0.3, 0.4) is 0 Å². The van der Waals surface area contributed by atoms with E-state index < -0.39 is 12.0 Å². The molecule has 0 heterocycles. The number of carboxylic acids is 1. The van der Waals surface area contributed by atoms with Crippen molar-refractivity contribution in [2.24, 2.45) is 5.73 Å². The van der Waals surface area contributed by atoms with Crippen LogP contribution in [0, 0.1) is 10.7 Å². The van der Waals surface area contributed by atoms with Crippen LogP contribution >= 0.6 is 67.8 Å². The highest BCUT2D eigenvalue weighted by Gasteiger charge is 2.15. The molecule has 0 unspecified atom stereocenters. The van der Waals surface area contributed by atoms with Crippen LogP contribution in [0.1, 0.15) is 5.56 Å². The van der Waals surface area contributed by atoms with E-state index in [0.717, 1.165) is 16.3 Å². The van der Waals surface area contributed by atoms with E-state index in [1.54, 1.807) is 18.2 Å². The van der Waals surface area contributed by atoms with Gasteiger partial charge in [0.25, 0.3) is 0 Å². The number of benzene rings is 2. The molecule has 0 fully saturated rings. The fraction of sp³-hybridized carbons (Fsp3) is 0.133. The summed E-state index contributed by atoms with van der Waals surface area (Å²) >= 11 is 6.34. The molecular formula is C15H12I3NO4. The van der Waals surface area contributed by atoms with Gasteiger partial charge in [0.05, 0.1) is 7.14 Å². The number of halogens is 3. The summed E-state index contributed by atoms with van der Waals surface area (Å²) in [6.45, 7) is 0. The van der Waals surface area contributed by atoms with Crippen molar-refractivity contribution in [1.29, 1.82) is 0 Å². The Labute approximate surface area is 174 Å². The zero-order valence-corrected chi connectivity index (χ0v) is 18.1. The lowest BCUT2D eigenvalue weighted by atomic mass is 10.1. The summed E-state index contributed by atoms with van der Waals surface area (Å²) in [5.74, 6) is 0.492. The first-order valence-electron chi connectivity index (χ1n) is 6.40. The second-order valence-electron chi connectivity index (χ2n) is 4.74. The highest BCUT2D eigenvalue weighted by Crippen LogP contribution is 2.35. The minimum absolute atomic E-state index is 0.193. The SMILES string of the molecule is N[C@H](Cc1ccc(Oc2c(I)cc(O)cc2I)cc1I)C(=O)O. The lowest BCUT2D eigenvalue weighted by Crippen LogP contribution is -2.32. The molecule has 0 bridgehead atoms. The van der Waals surface area contributed by atoms with Crippen molar-refractivity contribution in [2.45, 2.75) is 12.5 Å². The Morgan fingerprint density at radius 1 is 1.13 bits per heavy atom. The quantitative estimate of drug-likeness (QED) is 0.427. The first-order valence-corrected chi connectivity index (χ1v) is 9.64. The minimum atomic E-state index is -1.02. The van der Waals surface area contributed by atoms with Crippen molar-refractivity contribution in [2.75, 3.05) is 0 Å². The van der Waals surface area contributed by atoms with Crippen molar-refractivity contribution in [3.8, 4) is 17.2 Å². The molecule has 4 N–H and O–H groups in total. The number of ether oxygens (including phenoxy) is 1. The van der Waals surface area contributed by atoms with E-state index >= 15 is 0 Å². The summed E-state index contributed by atoms with van der Waals surface area (Å²) in [5, 5.41) is 18.5. The zero-order chi connectivity index (χ0) is 17.1. The Balaban J connectivity index is 2.23. The van der Waals surface area contributed by atoms with Crippen LogP contribution in [0.25, 0.3) is 0 Å². The van der Waals surface area contributed by atoms with Crippen LogP contribution in [0.4, 0.5) is 0 Å². The number of hydrogen-bond donors (Lipinski definition) is 3. The molecule has 1 atom stereocenters. The van der Waals surface area contributed by atoms with E-state index in [0.29, 0.717) is 11.5 Å². The molecule has 122 valence electrons.